The number of likely N-dealkylation sites (N-methyl/N-ethyl adjacent to an activating group) is 6. The van der Waals surface area contributed by atoms with Crippen LogP contribution in [0.25, 0.3) is 0 Å². The molecule has 0 bridgehead atoms. The van der Waals surface area contributed by atoms with Crippen molar-refractivity contribution < 1.29 is 57.8 Å². The zero-order chi connectivity index (χ0) is 66.7. The summed E-state index contributed by atoms with van der Waals surface area (Å²) in [6, 6.07) is -10.5. The van der Waals surface area contributed by atoms with Crippen LogP contribution in [-0.2, 0) is 52.7 Å². The molecule has 0 aliphatic heterocycles. The molecule has 0 aromatic heterocycles. The van der Waals surface area contributed by atoms with Gasteiger partial charge in [0.05, 0.1) is 30.7 Å². The molecule has 0 rings (SSSR count). The minimum Gasteiger partial charge on any atom is -0.378 e. The SMILES string of the molecule is CC=CCCCC(N)C(=O)CC(C)(C)C(O)(C(=O)C(N)CC)[C@](C=O)(C(=O)[C@@H](NC(=O)[C@H](CC(C)C)N(C)C(=O)CN(C)C(=O)[C@H](C(C)C)N(C)C(=O)[C@H](CC(C)C)N(C)C(=O)[C@H](CC(C)C)N(C)C(=O)[C@@H](C)NC(=O)[C@H](C)N)C(C)C)N(C)C. The standard InChI is InChI=1S/C62H113N11O12/c1-24-26-27-28-29-44(65)48(75)33-60(15,16)62(85,52(77)43(64)25-2)61(35-74,68(17)18)53(78)50(39(9)10)67-55(80)45(30-36(3)4)70(20)49(76)34-69(19)59(84)51(40(11)12)73(23)58(83)47(32-38(7)8)72(22)57(82)46(31-37(5)6)71(21)56(81)42(14)66-54(79)41(13)63/h24,26,35-47,50-51,85H,25,27-34,63-65H2,1-23H3,(H,66,79)(H,67,80)/t41-,42+,43?,44?,45-,46-,47-,50-,51-,61-,62?/m0/s1. The van der Waals surface area contributed by atoms with Gasteiger partial charge in [-0.3, -0.25) is 52.8 Å². The van der Waals surface area contributed by atoms with Crippen LogP contribution < -0.4 is 27.8 Å². The van der Waals surface area contributed by atoms with Crippen molar-refractivity contribution in [1.82, 2.24) is 40.0 Å². The molecule has 9 N–H and O–H groups in total. The summed E-state index contributed by atoms with van der Waals surface area (Å²) in [5.41, 5.74) is 10.8. The topological polar surface area (TPSA) is 330 Å². The molecule has 11 atom stereocenters. The second-order valence-electron chi connectivity index (χ2n) is 26.3. The third-order valence-electron chi connectivity index (χ3n) is 16.3. The maximum absolute atomic E-state index is 15.5. The molecule has 23 nitrogen and oxygen atoms in total. The molecule has 0 saturated heterocycles. The molecule has 85 heavy (non-hydrogen) atoms. The molecule has 488 valence electrons. The fourth-order valence-corrected chi connectivity index (χ4v) is 10.9. The van der Waals surface area contributed by atoms with Gasteiger partial charge in [-0.05, 0) is 109 Å². The molecule has 7 amide bonds. The highest BCUT2D eigenvalue weighted by Gasteiger charge is 2.70. The fourth-order valence-electron chi connectivity index (χ4n) is 10.9. The lowest BCUT2D eigenvalue weighted by atomic mass is 9.56. The van der Waals surface area contributed by atoms with Gasteiger partial charge in [0.25, 0.3) is 0 Å². The molecule has 3 unspecified atom stereocenters. The number of aliphatic hydroxyl groups is 1. The predicted octanol–water partition coefficient (Wildman–Crippen LogP) is 2.70. The van der Waals surface area contributed by atoms with Gasteiger partial charge in [-0.15, -0.1) is 0 Å². The Kier molecular flexibility index (Phi) is 32.5. The number of nitrogens with one attached hydrogen (secondary N) is 2. The highest BCUT2D eigenvalue weighted by molar-refractivity contribution is 6.15. The summed E-state index contributed by atoms with van der Waals surface area (Å²) in [4.78, 5) is 165. The first-order chi connectivity index (χ1) is 39.0. The Balaban J connectivity index is 7.35. The number of nitrogens with two attached hydrogens (primary N) is 3. The van der Waals surface area contributed by atoms with Crippen LogP contribution in [0.15, 0.2) is 12.2 Å². The monoisotopic (exact) mass is 1200 g/mol. The van der Waals surface area contributed by atoms with Crippen LogP contribution in [0.1, 0.15) is 162 Å². The number of amides is 7. The lowest BCUT2D eigenvalue weighted by Crippen LogP contribution is -2.80. The predicted molar refractivity (Wildman–Crippen MR) is 331 cm³/mol. The lowest BCUT2D eigenvalue weighted by Gasteiger charge is -2.54. The maximum atomic E-state index is 15.5. The highest BCUT2D eigenvalue weighted by Crippen LogP contribution is 2.47. The first-order valence-corrected chi connectivity index (χ1v) is 30.2. The second-order valence-corrected chi connectivity index (χ2v) is 26.3. The van der Waals surface area contributed by atoms with Gasteiger partial charge < -0.3 is 62.2 Å². The molecule has 0 radical (unpaired) electrons. The first kappa shape index (κ1) is 79.5. The van der Waals surface area contributed by atoms with E-state index in [1.54, 1.807) is 34.6 Å². The number of rotatable bonds is 38. The van der Waals surface area contributed by atoms with Crippen molar-refractivity contribution in [3.8, 4) is 0 Å². The van der Waals surface area contributed by atoms with Crippen molar-refractivity contribution in [1.29, 1.82) is 0 Å². The Bertz CT molecular complexity index is 2320. The largest absolute Gasteiger partial charge is 0.378 e. The Labute approximate surface area is 509 Å². The van der Waals surface area contributed by atoms with Crippen molar-refractivity contribution in [2.75, 3.05) is 55.9 Å². The molecule has 0 fully saturated rings. The number of ketones is 3. The number of carbonyl (C=O) groups excluding carboxylic acids is 11. The molecular formula is C62H113N11O12. The van der Waals surface area contributed by atoms with Gasteiger partial charge in [0.15, 0.2) is 29.0 Å². The van der Waals surface area contributed by atoms with Crippen LogP contribution in [0.3, 0.4) is 0 Å². The average Bonchev–Trinajstić information content (AvgIpc) is 0.938. The zero-order valence-corrected chi connectivity index (χ0v) is 56.0. The van der Waals surface area contributed by atoms with Gasteiger partial charge in [-0.2, -0.15) is 0 Å². The minimum atomic E-state index is -2.99. The van der Waals surface area contributed by atoms with E-state index in [9.17, 15) is 53.1 Å². The summed E-state index contributed by atoms with van der Waals surface area (Å²) in [5, 5.41) is 18.5. The van der Waals surface area contributed by atoms with Crippen LogP contribution in [0.5, 0.6) is 0 Å². The molecular weight excluding hydrogens is 1090 g/mol. The summed E-state index contributed by atoms with van der Waals surface area (Å²) >= 11 is 0. The van der Waals surface area contributed by atoms with Crippen LogP contribution in [0.2, 0.25) is 0 Å². The maximum Gasteiger partial charge on any atom is 0.245 e. The summed E-state index contributed by atoms with van der Waals surface area (Å²) < 4.78 is 0. The molecule has 0 aromatic rings. The van der Waals surface area contributed by atoms with E-state index in [1.165, 1.54) is 91.7 Å². The molecule has 0 aromatic carbocycles. The summed E-state index contributed by atoms with van der Waals surface area (Å²) in [7, 11) is 9.80. The van der Waals surface area contributed by atoms with Gasteiger partial charge in [0, 0.05) is 47.1 Å². The third kappa shape index (κ3) is 20.3. The average molecular weight is 1200 g/mol. The smallest absolute Gasteiger partial charge is 0.245 e. The van der Waals surface area contributed by atoms with Crippen molar-refractivity contribution in [3.63, 3.8) is 0 Å². The summed E-state index contributed by atoms with van der Waals surface area (Å²) in [6.07, 6.45) is 5.42. The van der Waals surface area contributed by atoms with Gasteiger partial charge in [-0.1, -0.05) is 102 Å². The Morgan fingerprint density at radius 3 is 1.47 bits per heavy atom. The van der Waals surface area contributed by atoms with Crippen LogP contribution >= 0.6 is 0 Å². The number of hydrogen-bond donors (Lipinski definition) is 6. The Morgan fingerprint density at radius 1 is 0.588 bits per heavy atom. The number of nitrogens with zero attached hydrogens (tertiary/aromatic N) is 6. The van der Waals surface area contributed by atoms with Crippen LogP contribution in [0, 0.1) is 35.0 Å². The van der Waals surface area contributed by atoms with E-state index < -0.39 is 154 Å². The number of allylic oxidation sites excluding steroid dienone is 2. The number of hydrogen-bond acceptors (Lipinski definition) is 16. The minimum absolute atomic E-state index is 0.0105. The van der Waals surface area contributed by atoms with E-state index in [0.717, 1.165) is 14.7 Å². The zero-order valence-electron chi connectivity index (χ0n) is 56.0. The molecule has 0 spiro atoms. The molecule has 0 aliphatic carbocycles. The van der Waals surface area contributed by atoms with Crippen LogP contribution in [0.4, 0.5) is 0 Å². The molecule has 0 aliphatic rings. The van der Waals surface area contributed by atoms with Crippen LogP contribution in [-0.4, -0.2) is 221 Å². The molecule has 23 heteroatoms. The van der Waals surface area contributed by atoms with Crippen molar-refractivity contribution in [2.45, 2.75) is 228 Å². The second kappa shape index (κ2) is 34.7. The van der Waals surface area contributed by atoms with Crippen molar-refractivity contribution in [3.05, 3.63) is 12.2 Å². The normalized spacial score (nSPS) is 16.8. The highest BCUT2D eigenvalue weighted by atomic mass is 16.3. The van der Waals surface area contributed by atoms with E-state index in [-0.39, 0.29) is 49.7 Å². The molecule has 0 saturated carbocycles. The Morgan fingerprint density at radius 2 is 1.06 bits per heavy atom. The van der Waals surface area contributed by atoms with E-state index in [4.69, 9.17) is 17.2 Å². The third-order valence-corrected chi connectivity index (χ3v) is 16.3. The number of Topliss-reactive ketones (excluding diaryl/α,β-unsaturated/α-hetero) is 3. The van der Waals surface area contributed by atoms with E-state index in [2.05, 4.69) is 10.6 Å². The van der Waals surface area contributed by atoms with Gasteiger partial charge in [0.1, 0.15) is 36.0 Å². The Hall–Kier alpha value is -5.49. The number of carbonyl (C=O) groups is 11. The van der Waals surface area contributed by atoms with Crippen molar-refractivity contribution >= 4 is 65.0 Å². The van der Waals surface area contributed by atoms with E-state index >= 15 is 4.79 Å². The molecule has 0 heterocycles. The summed E-state index contributed by atoms with van der Waals surface area (Å²) in [5.74, 6) is -8.75. The quantitative estimate of drug-likeness (QED) is 0.0224. The van der Waals surface area contributed by atoms with Gasteiger partial charge in [0.2, 0.25) is 41.4 Å². The number of unbranched alkanes of at least 4 members (excludes halogenated alkanes) is 1. The lowest BCUT2D eigenvalue weighted by molar-refractivity contribution is -0.191. The van der Waals surface area contributed by atoms with Gasteiger partial charge in [-0.25, -0.2) is 0 Å². The van der Waals surface area contributed by atoms with E-state index in [0.29, 0.717) is 19.3 Å². The van der Waals surface area contributed by atoms with Gasteiger partial charge >= 0.3 is 0 Å². The number of aldehydes is 1. The summed E-state index contributed by atoms with van der Waals surface area (Å²) in [6.45, 7) is 26.5. The van der Waals surface area contributed by atoms with E-state index in [1.807, 2.05) is 60.6 Å². The van der Waals surface area contributed by atoms with Crippen molar-refractivity contribution in [2.24, 2.45) is 52.2 Å². The fraction of sp³-hybridized carbons (Fsp3) is 0.790. The first-order valence-electron chi connectivity index (χ1n) is 30.2.